The van der Waals surface area contributed by atoms with E-state index in [-0.39, 0.29) is 6.04 Å². The molecule has 4 heteroatoms. The van der Waals surface area contributed by atoms with Crippen LogP contribution in [0.15, 0.2) is 16.6 Å². The maximum atomic E-state index is 10.4. The zero-order valence-corrected chi connectivity index (χ0v) is 12.6. The molecular formula is C14H21BrN2O. The molecule has 0 spiro atoms. The summed E-state index contributed by atoms with van der Waals surface area (Å²) in [5.41, 5.74) is 7.79. The fourth-order valence-corrected chi connectivity index (χ4v) is 3.37. The Morgan fingerprint density at radius 1 is 1.50 bits per heavy atom. The number of benzene rings is 1. The van der Waals surface area contributed by atoms with Crippen molar-refractivity contribution in [2.24, 2.45) is 11.7 Å². The Bertz CT molecular complexity index is 436. The molecule has 3 nitrogen and oxygen atoms in total. The van der Waals surface area contributed by atoms with Gasteiger partial charge in [-0.15, -0.1) is 0 Å². The minimum Gasteiger partial charge on any atom is -0.507 e. The molecule has 0 amide bonds. The first-order chi connectivity index (χ1) is 8.56. The number of hydrogen-bond acceptors (Lipinski definition) is 3. The van der Waals surface area contributed by atoms with Crippen LogP contribution in [0.4, 0.5) is 0 Å². The molecule has 0 radical (unpaired) electrons. The van der Waals surface area contributed by atoms with E-state index in [2.05, 4.69) is 34.8 Å². The van der Waals surface area contributed by atoms with E-state index in [0.717, 1.165) is 41.5 Å². The van der Waals surface area contributed by atoms with Gasteiger partial charge in [-0.1, -0.05) is 22.9 Å². The van der Waals surface area contributed by atoms with E-state index < -0.39 is 0 Å². The van der Waals surface area contributed by atoms with E-state index in [1.165, 1.54) is 0 Å². The van der Waals surface area contributed by atoms with Crippen molar-refractivity contribution in [2.45, 2.75) is 25.8 Å². The van der Waals surface area contributed by atoms with Gasteiger partial charge in [0, 0.05) is 22.6 Å². The number of nitrogens with two attached hydrogens (primary N) is 1. The predicted molar refractivity (Wildman–Crippen MR) is 77.7 cm³/mol. The Balaban J connectivity index is 2.36. The zero-order valence-electron chi connectivity index (χ0n) is 11.0. The van der Waals surface area contributed by atoms with Gasteiger partial charge in [0.05, 0.1) is 0 Å². The highest BCUT2D eigenvalue weighted by molar-refractivity contribution is 9.10. The van der Waals surface area contributed by atoms with E-state index in [0.29, 0.717) is 11.7 Å². The third kappa shape index (κ3) is 2.56. The Labute approximate surface area is 117 Å². The number of aromatic hydroxyl groups is 1. The highest BCUT2D eigenvalue weighted by Crippen LogP contribution is 2.40. The monoisotopic (exact) mass is 312 g/mol. The molecule has 100 valence electrons. The van der Waals surface area contributed by atoms with Gasteiger partial charge < -0.3 is 10.8 Å². The van der Waals surface area contributed by atoms with Crippen molar-refractivity contribution in [3.63, 3.8) is 0 Å². The van der Waals surface area contributed by atoms with E-state index in [1.807, 2.05) is 12.1 Å². The first kappa shape index (κ1) is 13.8. The van der Waals surface area contributed by atoms with Gasteiger partial charge >= 0.3 is 0 Å². The van der Waals surface area contributed by atoms with Crippen LogP contribution >= 0.6 is 15.9 Å². The summed E-state index contributed by atoms with van der Waals surface area (Å²) in [6, 6.07) is 4.31. The van der Waals surface area contributed by atoms with Crippen molar-refractivity contribution in [3.05, 3.63) is 27.7 Å². The molecular weight excluding hydrogens is 292 g/mol. The second-order valence-corrected chi connectivity index (χ2v) is 6.06. The van der Waals surface area contributed by atoms with Crippen LogP contribution in [0.25, 0.3) is 0 Å². The molecule has 18 heavy (non-hydrogen) atoms. The minimum atomic E-state index is 0.279. The van der Waals surface area contributed by atoms with Gasteiger partial charge in [0.25, 0.3) is 0 Å². The lowest BCUT2D eigenvalue weighted by Gasteiger charge is -2.22. The Morgan fingerprint density at radius 2 is 2.22 bits per heavy atom. The van der Waals surface area contributed by atoms with Crippen LogP contribution in [0.2, 0.25) is 0 Å². The van der Waals surface area contributed by atoms with Crippen LogP contribution in [-0.4, -0.2) is 30.1 Å². The molecule has 2 unspecified atom stereocenters. The summed E-state index contributed by atoms with van der Waals surface area (Å²) in [5, 5.41) is 10.4. The topological polar surface area (TPSA) is 49.5 Å². The van der Waals surface area contributed by atoms with Crippen LogP contribution < -0.4 is 5.73 Å². The van der Waals surface area contributed by atoms with E-state index in [4.69, 9.17) is 5.73 Å². The normalized spacial score (nSPS) is 24.7. The molecule has 0 bridgehead atoms. The molecule has 1 fully saturated rings. The third-order valence-electron chi connectivity index (χ3n) is 3.89. The number of nitrogens with zero attached hydrogens (tertiary/aromatic N) is 1. The van der Waals surface area contributed by atoms with Gasteiger partial charge in [0.1, 0.15) is 5.75 Å². The first-order valence-corrected chi connectivity index (χ1v) is 7.27. The van der Waals surface area contributed by atoms with E-state index in [1.54, 1.807) is 0 Å². The quantitative estimate of drug-likeness (QED) is 0.902. The molecule has 2 rings (SSSR count). The minimum absolute atomic E-state index is 0.279. The number of halogens is 1. The fraction of sp³-hybridized carbons (Fsp3) is 0.571. The molecule has 1 saturated heterocycles. The van der Waals surface area contributed by atoms with Crippen molar-refractivity contribution in [1.82, 2.24) is 4.90 Å². The second-order valence-electron chi connectivity index (χ2n) is 5.15. The number of aryl methyl sites for hydroxylation is 1. The predicted octanol–water partition coefficient (Wildman–Crippen LogP) is 2.67. The Hall–Kier alpha value is -0.580. The van der Waals surface area contributed by atoms with Crippen molar-refractivity contribution >= 4 is 15.9 Å². The van der Waals surface area contributed by atoms with Crippen LogP contribution in [0.5, 0.6) is 5.75 Å². The molecule has 1 aromatic rings. The molecule has 1 aliphatic rings. The van der Waals surface area contributed by atoms with Crippen LogP contribution in [0, 0.1) is 5.92 Å². The summed E-state index contributed by atoms with van der Waals surface area (Å²) in [5.74, 6) is 0.985. The van der Waals surface area contributed by atoms with Crippen molar-refractivity contribution in [1.29, 1.82) is 0 Å². The summed E-state index contributed by atoms with van der Waals surface area (Å²) >= 11 is 3.53. The van der Waals surface area contributed by atoms with Gasteiger partial charge in [0.15, 0.2) is 0 Å². The first-order valence-electron chi connectivity index (χ1n) is 6.48. The van der Waals surface area contributed by atoms with Crippen LogP contribution in [-0.2, 0) is 6.42 Å². The van der Waals surface area contributed by atoms with Crippen molar-refractivity contribution in [2.75, 3.05) is 20.1 Å². The Morgan fingerprint density at radius 3 is 2.78 bits per heavy atom. The molecule has 1 aromatic carbocycles. The maximum absolute atomic E-state index is 10.4. The number of likely N-dealkylation sites (tertiary alicyclic amines) is 1. The lowest BCUT2D eigenvalue weighted by atomic mass is 9.96. The number of phenolic OH excluding ortho intramolecular Hbond substituents is 1. The van der Waals surface area contributed by atoms with Gasteiger partial charge in [-0.25, -0.2) is 0 Å². The average Bonchev–Trinajstić information content (AvgIpc) is 2.73. The van der Waals surface area contributed by atoms with Gasteiger partial charge in [-0.2, -0.15) is 0 Å². The standard InChI is InChI=1S/C14H21BrN2O/c1-3-10-5-11(15)6-12(14(10)18)13-4-9(7-16)8-17(13)2/h5-6,9,13,18H,3-4,7-8,16H2,1-2H3. The summed E-state index contributed by atoms with van der Waals surface area (Å²) in [6.45, 7) is 3.79. The molecule has 0 saturated carbocycles. The number of rotatable bonds is 3. The van der Waals surface area contributed by atoms with Crippen molar-refractivity contribution < 1.29 is 5.11 Å². The molecule has 3 N–H and O–H groups in total. The number of hydrogen-bond donors (Lipinski definition) is 2. The molecule has 1 aliphatic heterocycles. The molecule has 0 aromatic heterocycles. The van der Waals surface area contributed by atoms with Crippen molar-refractivity contribution in [3.8, 4) is 5.75 Å². The third-order valence-corrected chi connectivity index (χ3v) is 4.35. The fourth-order valence-electron chi connectivity index (χ4n) is 2.84. The zero-order chi connectivity index (χ0) is 13.3. The van der Waals surface area contributed by atoms with Gasteiger partial charge in [-0.3, -0.25) is 4.90 Å². The molecule has 2 atom stereocenters. The molecule has 1 heterocycles. The summed E-state index contributed by atoms with van der Waals surface area (Å²) in [6.07, 6.45) is 1.87. The average molecular weight is 313 g/mol. The van der Waals surface area contributed by atoms with E-state index >= 15 is 0 Å². The Kier molecular flexibility index (Phi) is 4.30. The second kappa shape index (κ2) is 5.59. The number of phenols is 1. The molecule has 0 aliphatic carbocycles. The lowest BCUT2D eigenvalue weighted by Crippen LogP contribution is -2.20. The van der Waals surface area contributed by atoms with Gasteiger partial charge in [0.2, 0.25) is 0 Å². The highest BCUT2D eigenvalue weighted by atomic mass is 79.9. The van der Waals surface area contributed by atoms with Crippen LogP contribution in [0.1, 0.15) is 30.5 Å². The highest BCUT2D eigenvalue weighted by Gasteiger charge is 2.31. The smallest absolute Gasteiger partial charge is 0.123 e. The maximum Gasteiger partial charge on any atom is 0.123 e. The summed E-state index contributed by atoms with van der Waals surface area (Å²) in [4.78, 5) is 2.29. The largest absolute Gasteiger partial charge is 0.507 e. The SMILES string of the molecule is CCc1cc(Br)cc(C2CC(CN)CN2C)c1O. The summed E-state index contributed by atoms with van der Waals surface area (Å²) < 4.78 is 1.04. The van der Waals surface area contributed by atoms with E-state index in [9.17, 15) is 5.11 Å². The van der Waals surface area contributed by atoms with Crippen LogP contribution in [0.3, 0.4) is 0 Å². The lowest BCUT2D eigenvalue weighted by molar-refractivity contribution is 0.305. The summed E-state index contributed by atoms with van der Waals surface area (Å²) in [7, 11) is 2.10. The van der Waals surface area contributed by atoms with Gasteiger partial charge in [-0.05, 0) is 50.0 Å².